The van der Waals surface area contributed by atoms with E-state index in [4.69, 9.17) is 33.7 Å². The smallest absolute Gasteiger partial charge is 0.333 e. The molecule has 1 unspecified atom stereocenters. The van der Waals surface area contributed by atoms with Crippen LogP contribution in [0.3, 0.4) is 0 Å². The summed E-state index contributed by atoms with van der Waals surface area (Å²) in [6, 6.07) is 11.9. The molecule has 2 aromatic carbocycles. The summed E-state index contributed by atoms with van der Waals surface area (Å²) in [5.41, 5.74) is 5.09. The van der Waals surface area contributed by atoms with Gasteiger partial charge in [-0.25, -0.2) is 9.36 Å². The maximum atomic E-state index is 13.1. The Morgan fingerprint density at radius 3 is 2.61 bits per heavy atom. The minimum Gasteiger partial charge on any atom is -0.486 e. The molecule has 0 saturated heterocycles. The first-order valence-corrected chi connectivity index (χ1v) is 10.7. The average Bonchev–Trinajstić information content (AvgIpc) is 3.15. The van der Waals surface area contributed by atoms with Crippen LogP contribution in [0.25, 0.3) is 16.6 Å². The highest BCUT2D eigenvalue weighted by Crippen LogP contribution is 2.30. The molecule has 2 heterocycles. The van der Waals surface area contributed by atoms with Gasteiger partial charge in [-0.3, -0.25) is 9.59 Å². The van der Waals surface area contributed by atoms with E-state index in [0.29, 0.717) is 10.8 Å². The second kappa shape index (κ2) is 8.22. The van der Waals surface area contributed by atoms with Gasteiger partial charge in [-0.2, -0.15) is 0 Å². The number of nitrogens with two attached hydrogens (primary N) is 1. The third kappa shape index (κ3) is 3.85. The molecule has 1 amide bonds. The fraction of sp³-hybridized carbons (Fsp3) is 0.0952. The van der Waals surface area contributed by atoms with Gasteiger partial charge in [0, 0.05) is 22.0 Å². The lowest BCUT2D eigenvalue weighted by atomic mass is 10.1. The Bertz CT molecular complexity index is 1440. The number of aromatic amines is 1. The lowest BCUT2D eigenvalue weighted by Gasteiger charge is -2.17. The normalized spacial score (nSPS) is 12.1. The van der Waals surface area contributed by atoms with E-state index in [2.05, 4.69) is 4.98 Å². The van der Waals surface area contributed by atoms with E-state index in [1.165, 1.54) is 17.5 Å². The third-order valence-electron chi connectivity index (χ3n) is 4.69. The average molecular weight is 476 g/mol. The van der Waals surface area contributed by atoms with Crippen LogP contribution in [0.15, 0.2) is 57.4 Å². The highest BCUT2D eigenvalue weighted by atomic mass is 35.5. The number of carbonyl (C=O) groups is 1. The molecule has 158 valence electrons. The van der Waals surface area contributed by atoms with E-state index >= 15 is 0 Å². The Labute approximate surface area is 189 Å². The first-order chi connectivity index (χ1) is 14.8. The molecule has 0 aliphatic heterocycles. The van der Waals surface area contributed by atoms with Crippen LogP contribution in [-0.2, 0) is 0 Å². The zero-order chi connectivity index (χ0) is 22.3. The third-order valence-corrected chi connectivity index (χ3v) is 6.35. The van der Waals surface area contributed by atoms with E-state index in [1.807, 2.05) is 25.1 Å². The molecule has 0 aliphatic rings. The molecule has 10 heteroatoms. The number of nitrogens with one attached hydrogen (secondary N) is 1. The Balaban J connectivity index is 1.83. The summed E-state index contributed by atoms with van der Waals surface area (Å²) in [7, 11) is 0. The van der Waals surface area contributed by atoms with Gasteiger partial charge in [0.2, 0.25) is 0 Å². The second-order valence-corrected chi connectivity index (χ2v) is 8.38. The number of primary amides is 1. The van der Waals surface area contributed by atoms with Crippen molar-refractivity contribution in [3.63, 3.8) is 0 Å². The van der Waals surface area contributed by atoms with Crippen molar-refractivity contribution in [2.75, 3.05) is 0 Å². The Morgan fingerprint density at radius 2 is 1.90 bits per heavy atom. The van der Waals surface area contributed by atoms with Crippen molar-refractivity contribution in [2.24, 2.45) is 5.73 Å². The van der Waals surface area contributed by atoms with Crippen LogP contribution in [0.5, 0.6) is 5.75 Å². The number of benzene rings is 2. The number of hydrogen-bond acceptors (Lipinski definition) is 5. The lowest BCUT2D eigenvalue weighted by Crippen LogP contribution is -2.34. The Morgan fingerprint density at radius 1 is 1.16 bits per heavy atom. The van der Waals surface area contributed by atoms with Crippen molar-refractivity contribution in [1.82, 2.24) is 9.55 Å². The zero-order valence-electron chi connectivity index (χ0n) is 16.0. The fourth-order valence-corrected chi connectivity index (χ4v) is 4.58. The summed E-state index contributed by atoms with van der Waals surface area (Å²) in [5.74, 6) is -0.383. The monoisotopic (exact) mass is 475 g/mol. The van der Waals surface area contributed by atoms with Crippen molar-refractivity contribution >= 4 is 51.3 Å². The molecule has 0 fully saturated rings. The number of H-pyrrole nitrogens is 1. The molecular formula is C21H15Cl2N3O4S. The predicted molar refractivity (Wildman–Crippen MR) is 122 cm³/mol. The number of hydrogen-bond donors (Lipinski definition) is 2. The van der Waals surface area contributed by atoms with Gasteiger partial charge >= 0.3 is 5.69 Å². The van der Waals surface area contributed by atoms with Gasteiger partial charge in [-0.05, 0) is 25.1 Å². The molecular weight excluding hydrogens is 461 g/mol. The van der Waals surface area contributed by atoms with Crippen LogP contribution in [-0.4, -0.2) is 15.5 Å². The molecule has 0 saturated carbocycles. The molecule has 3 N–H and O–H groups in total. The zero-order valence-corrected chi connectivity index (χ0v) is 18.3. The minimum absolute atomic E-state index is 0.0314. The molecule has 4 aromatic rings. The summed E-state index contributed by atoms with van der Waals surface area (Å²) in [4.78, 5) is 40.1. The van der Waals surface area contributed by atoms with Crippen molar-refractivity contribution in [3.8, 4) is 11.4 Å². The van der Waals surface area contributed by atoms with E-state index in [-0.39, 0.29) is 26.5 Å². The van der Waals surface area contributed by atoms with Gasteiger partial charge in [-0.1, -0.05) is 41.4 Å². The van der Waals surface area contributed by atoms with Gasteiger partial charge in [0.1, 0.15) is 16.7 Å². The van der Waals surface area contributed by atoms with E-state index in [9.17, 15) is 14.4 Å². The number of halogens is 2. The maximum absolute atomic E-state index is 13.1. The number of carbonyl (C=O) groups excluding carboxylic acids is 1. The second-order valence-electron chi connectivity index (χ2n) is 6.68. The number of ether oxygens (including phenoxy) is 1. The lowest BCUT2D eigenvalue weighted by molar-refractivity contribution is 0.101. The largest absolute Gasteiger partial charge is 0.486 e. The molecule has 31 heavy (non-hydrogen) atoms. The quantitative estimate of drug-likeness (QED) is 0.448. The van der Waals surface area contributed by atoms with Crippen LogP contribution < -0.4 is 21.7 Å². The Hall–Kier alpha value is -3.07. The van der Waals surface area contributed by atoms with Crippen LogP contribution in [0.4, 0.5) is 0 Å². The van der Waals surface area contributed by atoms with Gasteiger partial charge < -0.3 is 15.5 Å². The van der Waals surface area contributed by atoms with E-state index in [1.54, 1.807) is 12.1 Å². The number of amides is 1. The molecule has 0 aliphatic carbocycles. The van der Waals surface area contributed by atoms with Crippen molar-refractivity contribution in [3.05, 3.63) is 89.2 Å². The van der Waals surface area contributed by atoms with Gasteiger partial charge in [0.05, 0.1) is 21.6 Å². The van der Waals surface area contributed by atoms with Gasteiger partial charge in [0.25, 0.3) is 11.5 Å². The standard InChI is InChI=1S/C21H15Cl2N3O4S/c1-10(12-4-2-3-5-13(12)22)30-11-6-7-14(23)16(8-11)26-20(28)17-15(25-21(26)29)9-31-18(17)19(24)27/h2-10H,1H3,(H2,24,27)(H,25,29). The van der Waals surface area contributed by atoms with Crippen molar-refractivity contribution in [1.29, 1.82) is 0 Å². The number of fused-ring (bicyclic) bond motifs is 1. The number of aromatic nitrogens is 2. The first kappa shape index (κ1) is 21.2. The summed E-state index contributed by atoms with van der Waals surface area (Å²) < 4.78 is 6.83. The van der Waals surface area contributed by atoms with Crippen LogP contribution in [0.2, 0.25) is 10.0 Å². The van der Waals surface area contributed by atoms with Crippen molar-refractivity contribution in [2.45, 2.75) is 13.0 Å². The topological polar surface area (TPSA) is 107 Å². The first-order valence-electron chi connectivity index (χ1n) is 9.05. The molecule has 0 spiro atoms. The molecule has 4 rings (SSSR count). The van der Waals surface area contributed by atoms with Crippen molar-refractivity contribution < 1.29 is 9.53 Å². The van der Waals surface area contributed by atoms with Crippen LogP contribution in [0, 0.1) is 0 Å². The van der Waals surface area contributed by atoms with Gasteiger partial charge in [0.15, 0.2) is 0 Å². The maximum Gasteiger partial charge on any atom is 0.333 e. The molecule has 0 bridgehead atoms. The summed E-state index contributed by atoms with van der Waals surface area (Å²) in [6.45, 7) is 1.82. The summed E-state index contributed by atoms with van der Waals surface area (Å²) in [5, 5.41) is 2.23. The van der Waals surface area contributed by atoms with Crippen LogP contribution in [0.1, 0.15) is 28.3 Å². The molecule has 0 radical (unpaired) electrons. The number of rotatable bonds is 5. The van der Waals surface area contributed by atoms with E-state index < -0.39 is 23.3 Å². The predicted octanol–water partition coefficient (Wildman–Crippen LogP) is 4.29. The number of thiophene rings is 1. The fourth-order valence-electron chi connectivity index (χ4n) is 3.25. The Kier molecular flexibility index (Phi) is 5.62. The SMILES string of the molecule is CC(Oc1ccc(Cl)c(-n2c(=O)[nH]c3csc(C(N)=O)c3c2=O)c1)c1ccccc1Cl. The van der Waals surface area contributed by atoms with Crippen LogP contribution >= 0.6 is 34.5 Å². The molecule has 1 atom stereocenters. The highest BCUT2D eigenvalue weighted by Gasteiger charge is 2.20. The molecule has 2 aromatic heterocycles. The van der Waals surface area contributed by atoms with Gasteiger partial charge in [-0.15, -0.1) is 11.3 Å². The highest BCUT2D eigenvalue weighted by molar-refractivity contribution is 7.13. The summed E-state index contributed by atoms with van der Waals surface area (Å²) >= 11 is 13.5. The minimum atomic E-state index is -0.757. The summed E-state index contributed by atoms with van der Waals surface area (Å²) in [6.07, 6.45) is -0.404. The number of nitrogens with zero attached hydrogens (tertiary/aromatic N) is 1. The van der Waals surface area contributed by atoms with E-state index in [0.717, 1.165) is 21.5 Å². The molecule has 7 nitrogen and oxygen atoms in total.